The van der Waals surface area contributed by atoms with Crippen LogP contribution in [0.5, 0.6) is 0 Å². The number of benzene rings is 1. The van der Waals surface area contributed by atoms with Crippen molar-refractivity contribution >= 4 is 22.6 Å². The van der Waals surface area contributed by atoms with Crippen LogP contribution in [0.3, 0.4) is 0 Å². The molecule has 0 saturated carbocycles. The van der Waals surface area contributed by atoms with Gasteiger partial charge in [-0.05, 0) is 48.7 Å². The number of nitrogens with two attached hydrogens (primary N) is 1. The molecule has 1 aromatic carbocycles. The minimum absolute atomic E-state index is 0.0371. The van der Waals surface area contributed by atoms with E-state index in [0.717, 1.165) is 18.7 Å². The summed E-state index contributed by atoms with van der Waals surface area (Å²) in [7, 11) is 0. The Labute approximate surface area is 150 Å². The summed E-state index contributed by atoms with van der Waals surface area (Å²) in [5.74, 6) is -0.735. The largest absolute Gasteiger partial charge is 0.372 e. The number of rotatable bonds is 4. The van der Waals surface area contributed by atoms with Gasteiger partial charge in [-0.25, -0.2) is 0 Å². The van der Waals surface area contributed by atoms with Gasteiger partial charge < -0.3 is 15.2 Å². The van der Waals surface area contributed by atoms with E-state index in [9.17, 15) is 9.59 Å². The first kappa shape index (κ1) is 16.3. The number of primary amides is 1. The van der Waals surface area contributed by atoms with Gasteiger partial charge in [-0.15, -0.1) is 0 Å². The molecule has 1 saturated heterocycles. The summed E-state index contributed by atoms with van der Waals surface area (Å²) in [5.41, 5.74) is 8.40. The van der Waals surface area contributed by atoms with Crippen LogP contribution in [-0.2, 0) is 6.54 Å². The molecule has 2 N–H and O–H groups in total. The highest BCUT2D eigenvalue weighted by atomic mass is 16.2. The number of carbonyl (C=O) groups excluding carboxylic acids is 1. The maximum atomic E-state index is 12.7. The first-order valence-corrected chi connectivity index (χ1v) is 8.76. The third-order valence-electron chi connectivity index (χ3n) is 4.88. The van der Waals surface area contributed by atoms with Crippen LogP contribution in [0.15, 0.2) is 53.5 Å². The van der Waals surface area contributed by atoms with Gasteiger partial charge in [-0.2, -0.15) is 0 Å². The van der Waals surface area contributed by atoms with E-state index in [4.69, 9.17) is 5.73 Å². The molecule has 0 atom stereocenters. The van der Waals surface area contributed by atoms with E-state index in [2.05, 4.69) is 22.0 Å². The van der Waals surface area contributed by atoms with E-state index in [0.29, 0.717) is 17.6 Å². The van der Waals surface area contributed by atoms with Gasteiger partial charge in [0.05, 0.1) is 17.6 Å². The summed E-state index contributed by atoms with van der Waals surface area (Å²) < 4.78 is 1.56. The summed E-state index contributed by atoms with van der Waals surface area (Å²) in [6.45, 7) is 2.55. The van der Waals surface area contributed by atoms with E-state index in [-0.39, 0.29) is 11.1 Å². The molecule has 1 aliphatic heterocycles. The molecule has 132 valence electrons. The van der Waals surface area contributed by atoms with Gasteiger partial charge in [-0.1, -0.05) is 12.1 Å². The second-order valence-corrected chi connectivity index (χ2v) is 6.58. The normalized spacial score (nSPS) is 14.1. The van der Waals surface area contributed by atoms with Crippen molar-refractivity contribution in [2.24, 2.45) is 5.73 Å². The van der Waals surface area contributed by atoms with Crippen LogP contribution in [0.2, 0.25) is 0 Å². The van der Waals surface area contributed by atoms with E-state index in [1.807, 2.05) is 18.2 Å². The number of amides is 1. The molecule has 0 unspecified atom stereocenters. The van der Waals surface area contributed by atoms with Crippen molar-refractivity contribution < 1.29 is 4.79 Å². The first-order chi connectivity index (χ1) is 12.6. The smallest absolute Gasteiger partial charge is 0.264 e. The van der Waals surface area contributed by atoms with Crippen molar-refractivity contribution in [3.63, 3.8) is 0 Å². The number of nitrogens with zero attached hydrogens (tertiary/aromatic N) is 3. The fourth-order valence-corrected chi connectivity index (χ4v) is 3.51. The average molecular weight is 348 g/mol. The summed E-state index contributed by atoms with van der Waals surface area (Å²) >= 11 is 0. The first-order valence-electron chi connectivity index (χ1n) is 8.76. The second kappa shape index (κ2) is 6.63. The van der Waals surface area contributed by atoms with Crippen LogP contribution >= 0.6 is 0 Å². The number of hydrogen-bond acceptors (Lipinski definition) is 4. The average Bonchev–Trinajstić information content (AvgIpc) is 3.19. The molecule has 0 radical (unpaired) electrons. The summed E-state index contributed by atoms with van der Waals surface area (Å²) in [5, 5.41) is 0. The van der Waals surface area contributed by atoms with Gasteiger partial charge >= 0.3 is 0 Å². The Bertz CT molecular complexity index is 1020. The maximum absolute atomic E-state index is 12.7. The molecule has 1 fully saturated rings. The van der Waals surface area contributed by atoms with Crippen LogP contribution in [0.4, 0.5) is 5.69 Å². The SMILES string of the molecule is NC(=O)c1cc2ncccc2n(Cc2ccc(N3CCCC3)cc2)c1=O. The Kier molecular flexibility index (Phi) is 4.16. The van der Waals surface area contributed by atoms with E-state index in [1.54, 1.807) is 16.8 Å². The lowest BCUT2D eigenvalue weighted by Crippen LogP contribution is -2.30. The highest BCUT2D eigenvalue weighted by molar-refractivity contribution is 5.95. The molecule has 4 rings (SSSR count). The van der Waals surface area contributed by atoms with E-state index < -0.39 is 5.91 Å². The Balaban J connectivity index is 1.73. The van der Waals surface area contributed by atoms with Crippen LogP contribution in [0.1, 0.15) is 28.8 Å². The lowest BCUT2D eigenvalue weighted by atomic mass is 10.1. The van der Waals surface area contributed by atoms with Crippen molar-refractivity contribution in [1.82, 2.24) is 9.55 Å². The molecule has 6 nitrogen and oxygen atoms in total. The molecule has 3 aromatic rings. The van der Waals surface area contributed by atoms with Crippen LogP contribution in [-0.4, -0.2) is 28.5 Å². The quantitative estimate of drug-likeness (QED) is 0.783. The number of aromatic nitrogens is 2. The van der Waals surface area contributed by atoms with Crippen molar-refractivity contribution in [3.05, 3.63) is 70.1 Å². The minimum Gasteiger partial charge on any atom is -0.372 e. The zero-order valence-corrected chi connectivity index (χ0v) is 14.4. The molecule has 26 heavy (non-hydrogen) atoms. The number of hydrogen-bond donors (Lipinski definition) is 1. The Hall–Kier alpha value is -3.15. The van der Waals surface area contributed by atoms with Gasteiger partial charge in [0.15, 0.2) is 0 Å². The standard InChI is InChI=1S/C20H20N4O2/c21-19(25)16-12-17-18(4-3-9-22-17)24(20(16)26)13-14-5-7-15(8-6-14)23-10-1-2-11-23/h3-9,12H,1-2,10-11,13H2,(H2,21,25). The topological polar surface area (TPSA) is 81.2 Å². The Morgan fingerprint density at radius 1 is 1.12 bits per heavy atom. The number of anilines is 1. The third-order valence-corrected chi connectivity index (χ3v) is 4.88. The maximum Gasteiger partial charge on any atom is 0.264 e. The van der Waals surface area contributed by atoms with Crippen LogP contribution < -0.4 is 16.2 Å². The summed E-state index contributed by atoms with van der Waals surface area (Å²) in [6.07, 6.45) is 4.10. The number of pyridine rings is 2. The molecule has 1 amide bonds. The molecule has 0 bridgehead atoms. The predicted octanol–water partition coefficient (Wildman–Crippen LogP) is 2.14. The highest BCUT2D eigenvalue weighted by Crippen LogP contribution is 2.21. The van der Waals surface area contributed by atoms with Crippen LogP contribution in [0.25, 0.3) is 11.0 Å². The minimum atomic E-state index is -0.735. The van der Waals surface area contributed by atoms with Crippen molar-refractivity contribution in [1.29, 1.82) is 0 Å². The zero-order valence-electron chi connectivity index (χ0n) is 14.4. The van der Waals surface area contributed by atoms with Gasteiger partial charge in [0, 0.05) is 25.0 Å². The Morgan fingerprint density at radius 3 is 2.54 bits per heavy atom. The molecular weight excluding hydrogens is 328 g/mol. The summed E-state index contributed by atoms with van der Waals surface area (Å²) in [4.78, 5) is 31.0. The van der Waals surface area contributed by atoms with E-state index in [1.165, 1.54) is 24.6 Å². The van der Waals surface area contributed by atoms with Gasteiger partial charge in [0.25, 0.3) is 11.5 Å². The highest BCUT2D eigenvalue weighted by Gasteiger charge is 2.15. The van der Waals surface area contributed by atoms with Gasteiger partial charge in [0.2, 0.25) is 0 Å². The zero-order chi connectivity index (χ0) is 18.1. The molecule has 2 aromatic heterocycles. The fraction of sp³-hybridized carbons (Fsp3) is 0.250. The van der Waals surface area contributed by atoms with Crippen molar-refractivity contribution in [2.75, 3.05) is 18.0 Å². The molecule has 0 spiro atoms. The van der Waals surface area contributed by atoms with E-state index >= 15 is 0 Å². The molecular formula is C20H20N4O2. The Morgan fingerprint density at radius 2 is 1.85 bits per heavy atom. The second-order valence-electron chi connectivity index (χ2n) is 6.58. The number of fused-ring (bicyclic) bond motifs is 1. The number of carbonyl (C=O) groups is 1. The molecule has 0 aliphatic carbocycles. The van der Waals surface area contributed by atoms with Crippen molar-refractivity contribution in [2.45, 2.75) is 19.4 Å². The lowest BCUT2D eigenvalue weighted by molar-refractivity contribution is 0.0998. The molecule has 3 heterocycles. The molecule has 6 heteroatoms. The monoisotopic (exact) mass is 348 g/mol. The lowest BCUT2D eigenvalue weighted by Gasteiger charge is -2.18. The molecule has 1 aliphatic rings. The van der Waals surface area contributed by atoms with Gasteiger partial charge in [0.1, 0.15) is 5.56 Å². The van der Waals surface area contributed by atoms with Crippen molar-refractivity contribution in [3.8, 4) is 0 Å². The van der Waals surface area contributed by atoms with Crippen LogP contribution in [0, 0.1) is 0 Å². The fourth-order valence-electron chi connectivity index (χ4n) is 3.51. The van der Waals surface area contributed by atoms with Gasteiger partial charge in [-0.3, -0.25) is 14.6 Å². The summed E-state index contributed by atoms with van der Waals surface area (Å²) in [6, 6.07) is 13.3. The third kappa shape index (κ3) is 2.94. The predicted molar refractivity (Wildman–Crippen MR) is 102 cm³/mol.